The highest BCUT2D eigenvalue weighted by Crippen LogP contribution is 2.24. The second kappa shape index (κ2) is 9.92. The van der Waals surface area contributed by atoms with Crippen LogP contribution in [0.4, 0.5) is 5.69 Å². The Labute approximate surface area is 170 Å². The highest BCUT2D eigenvalue weighted by atomic mass is 35.5. The number of nitrogens with one attached hydrogen (secondary N) is 1. The standard InChI is InChI=1S/C21H21ClN2O3S/c1-3-15-24(16-4-2)21(25)14-11-17-9-12-18(13-10-17)28(26,27)23-20-8-6-5-7-19(20)22/h3-14,23H,1-2,15-16H2/b14-11+. The normalized spacial score (nSPS) is 11.2. The summed E-state index contributed by atoms with van der Waals surface area (Å²) in [5.74, 6) is -0.183. The van der Waals surface area contributed by atoms with Crippen molar-refractivity contribution in [3.05, 3.63) is 90.5 Å². The highest BCUT2D eigenvalue weighted by Gasteiger charge is 2.15. The van der Waals surface area contributed by atoms with Crippen LogP contribution in [-0.2, 0) is 14.8 Å². The van der Waals surface area contributed by atoms with E-state index in [1.165, 1.54) is 18.2 Å². The van der Waals surface area contributed by atoms with E-state index < -0.39 is 10.0 Å². The minimum atomic E-state index is -3.77. The van der Waals surface area contributed by atoms with Gasteiger partial charge in [-0.05, 0) is 35.9 Å². The number of hydrogen-bond donors (Lipinski definition) is 1. The Morgan fingerprint density at radius 3 is 2.21 bits per heavy atom. The van der Waals surface area contributed by atoms with Crippen molar-refractivity contribution in [2.75, 3.05) is 17.8 Å². The molecule has 0 aliphatic rings. The van der Waals surface area contributed by atoms with Crippen LogP contribution in [0.2, 0.25) is 5.02 Å². The maximum Gasteiger partial charge on any atom is 0.261 e. The molecule has 0 radical (unpaired) electrons. The number of anilines is 1. The van der Waals surface area contributed by atoms with Gasteiger partial charge in [-0.15, -0.1) is 13.2 Å². The summed E-state index contributed by atoms with van der Waals surface area (Å²) in [4.78, 5) is 13.8. The van der Waals surface area contributed by atoms with Crippen molar-refractivity contribution in [1.82, 2.24) is 4.90 Å². The third-order valence-corrected chi connectivity index (χ3v) is 5.45. The Morgan fingerprint density at radius 2 is 1.64 bits per heavy atom. The minimum Gasteiger partial charge on any atom is -0.332 e. The van der Waals surface area contributed by atoms with Crippen molar-refractivity contribution in [1.29, 1.82) is 0 Å². The van der Waals surface area contributed by atoms with Gasteiger partial charge in [0.2, 0.25) is 5.91 Å². The van der Waals surface area contributed by atoms with Crippen LogP contribution in [0.3, 0.4) is 0 Å². The molecule has 5 nitrogen and oxygen atoms in total. The largest absolute Gasteiger partial charge is 0.332 e. The van der Waals surface area contributed by atoms with E-state index in [0.29, 0.717) is 29.4 Å². The van der Waals surface area contributed by atoms with Gasteiger partial charge in [-0.25, -0.2) is 8.42 Å². The van der Waals surface area contributed by atoms with Crippen LogP contribution in [0.25, 0.3) is 6.08 Å². The molecule has 0 fully saturated rings. The minimum absolute atomic E-state index is 0.0934. The number of halogens is 1. The summed E-state index contributed by atoms with van der Waals surface area (Å²) < 4.78 is 27.5. The first-order valence-electron chi connectivity index (χ1n) is 8.43. The molecule has 0 aromatic heterocycles. The Hall–Kier alpha value is -2.83. The predicted molar refractivity (Wildman–Crippen MR) is 115 cm³/mol. The van der Waals surface area contributed by atoms with Gasteiger partial charge in [0.25, 0.3) is 10.0 Å². The van der Waals surface area contributed by atoms with Crippen molar-refractivity contribution in [3.63, 3.8) is 0 Å². The molecule has 0 aliphatic heterocycles. The van der Waals surface area contributed by atoms with Gasteiger partial charge in [-0.1, -0.05) is 48.0 Å². The fraction of sp³-hybridized carbons (Fsp3) is 0.0952. The van der Waals surface area contributed by atoms with E-state index in [1.807, 2.05) is 0 Å². The topological polar surface area (TPSA) is 66.5 Å². The van der Waals surface area contributed by atoms with Crippen LogP contribution < -0.4 is 4.72 Å². The Balaban J connectivity index is 2.12. The zero-order valence-corrected chi connectivity index (χ0v) is 16.8. The van der Waals surface area contributed by atoms with E-state index in [0.717, 1.165) is 0 Å². The summed E-state index contributed by atoms with van der Waals surface area (Å²) >= 11 is 6.00. The third-order valence-electron chi connectivity index (χ3n) is 3.74. The van der Waals surface area contributed by atoms with E-state index in [2.05, 4.69) is 17.9 Å². The number of hydrogen-bond acceptors (Lipinski definition) is 3. The average molecular weight is 417 g/mol. The number of benzene rings is 2. The fourth-order valence-corrected chi connectivity index (χ4v) is 3.66. The van der Waals surface area contributed by atoms with Crippen molar-refractivity contribution in [2.45, 2.75) is 4.90 Å². The number of carbonyl (C=O) groups excluding carboxylic acids is 1. The lowest BCUT2D eigenvalue weighted by Gasteiger charge is -2.16. The Bertz CT molecular complexity index is 973. The molecule has 0 bridgehead atoms. The molecule has 2 rings (SSSR count). The maximum atomic E-state index is 12.5. The van der Waals surface area contributed by atoms with E-state index in [9.17, 15) is 13.2 Å². The summed E-state index contributed by atoms with van der Waals surface area (Å²) in [5, 5.41) is 0.313. The van der Waals surface area contributed by atoms with Gasteiger partial charge >= 0.3 is 0 Å². The van der Waals surface area contributed by atoms with Crippen LogP contribution in [0.15, 0.2) is 84.8 Å². The molecule has 146 valence electrons. The molecular weight excluding hydrogens is 396 g/mol. The van der Waals surface area contributed by atoms with Crippen molar-refractivity contribution < 1.29 is 13.2 Å². The van der Waals surface area contributed by atoms with E-state index in [-0.39, 0.29) is 10.8 Å². The monoisotopic (exact) mass is 416 g/mol. The first kappa shape index (κ1) is 21.5. The number of para-hydroxylation sites is 1. The summed E-state index contributed by atoms with van der Waals surface area (Å²) in [5.41, 5.74) is 1.01. The predicted octanol–water partition coefficient (Wildman–Crippen LogP) is 4.35. The lowest BCUT2D eigenvalue weighted by Crippen LogP contribution is -2.29. The molecule has 0 spiro atoms. The van der Waals surface area contributed by atoms with Crippen LogP contribution in [0.1, 0.15) is 5.56 Å². The van der Waals surface area contributed by atoms with Crippen molar-refractivity contribution in [2.24, 2.45) is 0 Å². The van der Waals surface area contributed by atoms with Crippen LogP contribution >= 0.6 is 11.6 Å². The average Bonchev–Trinajstić information content (AvgIpc) is 2.68. The molecule has 0 aliphatic carbocycles. The summed E-state index contributed by atoms with van der Waals surface area (Å²) in [7, 11) is -3.77. The molecule has 0 atom stereocenters. The van der Waals surface area contributed by atoms with Gasteiger partial charge in [0, 0.05) is 19.2 Å². The fourth-order valence-electron chi connectivity index (χ4n) is 2.34. The van der Waals surface area contributed by atoms with Crippen LogP contribution in [0, 0.1) is 0 Å². The molecule has 1 amide bonds. The SMILES string of the molecule is C=CCN(CC=C)C(=O)/C=C/c1ccc(S(=O)(=O)Nc2ccccc2Cl)cc1. The maximum absolute atomic E-state index is 12.5. The zero-order valence-electron chi connectivity index (χ0n) is 15.2. The zero-order chi connectivity index (χ0) is 20.6. The number of carbonyl (C=O) groups is 1. The summed E-state index contributed by atoms with van der Waals surface area (Å²) in [6.07, 6.45) is 6.33. The lowest BCUT2D eigenvalue weighted by atomic mass is 10.2. The Morgan fingerprint density at radius 1 is 1.04 bits per heavy atom. The molecule has 0 unspecified atom stereocenters. The first-order valence-corrected chi connectivity index (χ1v) is 10.3. The summed E-state index contributed by atoms with van der Waals surface area (Å²) in [6.45, 7) is 8.09. The van der Waals surface area contributed by atoms with Gasteiger partial charge in [0.05, 0.1) is 15.6 Å². The molecule has 28 heavy (non-hydrogen) atoms. The summed E-state index contributed by atoms with van der Waals surface area (Å²) in [6, 6.07) is 12.8. The van der Waals surface area contributed by atoms with Crippen LogP contribution in [0.5, 0.6) is 0 Å². The first-order chi connectivity index (χ1) is 13.4. The highest BCUT2D eigenvalue weighted by molar-refractivity contribution is 7.92. The molecule has 1 N–H and O–H groups in total. The molecule has 2 aromatic carbocycles. The van der Waals surface area contributed by atoms with E-state index in [4.69, 9.17) is 11.6 Å². The number of rotatable bonds is 9. The van der Waals surface area contributed by atoms with Gasteiger partial charge < -0.3 is 4.90 Å². The molecule has 0 saturated carbocycles. The van der Waals surface area contributed by atoms with Crippen LogP contribution in [-0.4, -0.2) is 32.3 Å². The number of sulfonamides is 1. The quantitative estimate of drug-likeness (QED) is 0.488. The number of amides is 1. The molecule has 0 heterocycles. The van der Waals surface area contributed by atoms with Crippen molar-refractivity contribution >= 4 is 39.3 Å². The number of nitrogens with zero attached hydrogens (tertiary/aromatic N) is 1. The third kappa shape index (κ3) is 5.84. The van der Waals surface area contributed by atoms with Gasteiger partial charge in [0.1, 0.15) is 0 Å². The molecule has 7 heteroatoms. The van der Waals surface area contributed by atoms with Gasteiger partial charge in [0.15, 0.2) is 0 Å². The lowest BCUT2D eigenvalue weighted by molar-refractivity contribution is -0.124. The van der Waals surface area contributed by atoms with Gasteiger partial charge in [-0.3, -0.25) is 9.52 Å². The molecular formula is C21H21ClN2O3S. The van der Waals surface area contributed by atoms with Gasteiger partial charge in [-0.2, -0.15) is 0 Å². The Kier molecular flexibility index (Phi) is 7.61. The molecule has 0 saturated heterocycles. The molecule has 2 aromatic rings. The van der Waals surface area contributed by atoms with E-state index in [1.54, 1.807) is 59.5 Å². The van der Waals surface area contributed by atoms with Crippen molar-refractivity contribution in [3.8, 4) is 0 Å². The van der Waals surface area contributed by atoms with E-state index >= 15 is 0 Å². The smallest absolute Gasteiger partial charge is 0.261 e. The second-order valence-electron chi connectivity index (χ2n) is 5.81. The second-order valence-corrected chi connectivity index (χ2v) is 7.90.